The number of rotatable bonds is 5. The standard InChI is InChI=1S/C25H30N6O2S/c1-3-31-19-7-5-4-6-18(19)20-21(31)26-24(30-29-20)34-14(2)22(32)27-23(33)28-25-11-15-8-16(12-25)10-17(9-15)13-25/h4-7,14-17H,3,8-13H2,1-2H3,(H2,27,28,32,33). The summed E-state index contributed by atoms with van der Waals surface area (Å²) in [5.74, 6) is 1.85. The third-order valence-corrected chi connectivity index (χ3v) is 8.93. The van der Waals surface area contributed by atoms with E-state index >= 15 is 0 Å². The molecule has 3 amide bonds. The Bertz CT molecular complexity index is 1250. The molecule has 1 unspecified atom stereocenters. The average molecular weight is 479 g/mol. The van der Waals surface area contributed by atoms with Crippen LogP contribution in [0.4, 0.5) is 4.79 Å². The number of benzene rings is 1. The zero-order valence-corrected chi connectivity index (χ0v) is 20.4. The second-order valence-electron chi connectivity index (χ2n) is 10.4. The Morgan fingerprint density at radius 3 is 2.47 bits per heavy atom. The molecule has 0 saturated heterocycles. The molecule has 9 heteroatoms. The van der Waals surface area contributed by atoms with Crippen LogP contribution >= 0.6 is 11.8 Å². The monoisotopic (exact) mass is 478 g/mol. The molecular weight excluding hydrogens is 448 g/mol. The molecule has 0 spiro atoms. The van der Waals surface area contributed by atoms with E-state index in [1.807, 2.05) is 24.3 Å². The smallest absolute Gasteiger partial charge is 0.321 e. The molecule has 178 valence electrons. The molecule has 4 saturated carbocycles. The highest BCUT2D eigenvalue weighted by atomic mass is 32.2. The highest BCUT2D eigenvalue weighted by molar-refractivity contribution is 8.00. The molecule has 2 aromatic heterocycles. The van der Waals surface area contributed by atoms with Crippen LogP contribution in [0, 0.1) is 17.8 Å². The predicted molar refractivity (Wildman–Crippen MR) is 131 cm³/mol. The van der Waals surface area contributed by atoms with Crippen LogP contribution in [-0.4, -0.2) is 42.5 Å². The molecule has 0 aliphatic heterocycles. The quantitative estimate of drug-likeness (QED) is 0.531. The van der Waals surface area contributed by atoms with Crippen molar-refractivity contribution in [2.75, 3.05) is 0 Å². The van der Waals surface area contributed by atoms with E-state index in [4.69, 9.17) is 4.98 Å². The van der Waals surface area contributed by atoms with Crippen molar-refractivity contribution in [3.8, 4) is 0 Å². The van der Waals surface area contributed by atoms with E-state index in [9.17, 15) is 9.59 Å². The molecule has 34 heavy (non-hydrogen) atoms. The largest absolute Gasteiger partial charge is 0.332 e. The number of carbonyl (C=O) groups excluding carboxylic acids is 2. The van der Waals surface area contributed by atoms with Gasteiger partial charge in [-0.05, 0) is 76.2 Å². The maximum atomic E-state index is 12.8. The molecule has 4 fully saturated rings. The summed E-state index contributed by atoms with van der Waals surface area (Å²) in [6, 6.07) is 7.67. The van der Waals surface area contributed by atoms with E-state index in [2.05, 4.69) is 32.3 Å². The van der Waals surface area contributed by atoms with Gasteiger partial charge in [0.1, 0.15) is 5.52 Å². The van der Waals surface area contributed by atoms with Crippen molar-refractivity contribution in [3.05, 3.63) is 24.3 Å². The number of nitrogens with zero attached hydrogens (tertiary/aromatic N) is 4. The number of nitrogens with one attached hydrogen (secondary N) is 2. The molecule has 1 aromatic carbocycles. The van der Waals surface area contributed by atoms with Crippen molar-refractivity contribution >= 4 is 45.8 Å². The lowest BCUT2D eigenvalue weighted by atomic mass is 9.53. The van der Waals surface area contributed by atoms with Crippen LogP contribution in [0.25, 0.3) is 22.1 Å². The van der Waals surface area contributed by atoms with Crippen LogP contribution in [0.2, 0.25) is 0 Å². The maximum Gasteiger partial charge on any atom is 0.321 e. The minimum Gasteiger partial charge on any atom is -0.332 e. The van der Waals surface area contributed by atoms with Gasteiger partial charge in [-0.2, -0.15) is 0 Å². The number of para-hydroxylation sites is 1. The lowest BCUT2D eigenvalue weighted by Crippen LogP contribution is -2.62. The average Bonchev–Trinajstić information content (AvgIpc) is 3.10. The number of hydrogen-bond acceptors (Lipinski definition) is 6. The minimum atomic E-state index is -0.527. The van der Waals surface area contributed by atoms with Crippen molar-refractivity contribution in [1.29, 1.82) is 0 Å². The van der Waals surface area contributed by atoms with Crippen LogP contribution in [-0.2, 0) is 11.3 Å². The summed E-state index contributed by atoms with van der Waals surface area (Å²) < 4.78 is 2.10. The van der Waals surface area contributed by atoms with Crippen LogP contribution in [0.15, 0.2) is 29.4 Å². The minimum absolute atomic E-state index is 0.124. The van der Waals surface area contributed by atoms with E-state index in [0.29, 0.717) is 5.16 Å². The molecule has 1 atom stereocenters. The van der Waals surface area contributed by atoms with Gasteiger partial charge >= 0.3 is 6.03 Å². The highest BCUT2D eigenvalue weighted by Crippen LogP contribution is 2.55. The third-order valence-electron chi connectivity index (χ3n) is 7.98. The summed E-state index contributed by atoms with van der Waals surface area (Å²) in [6.07, 6.45) is 7.08. The zero-order valence-electron chi connectivity index (χ0n) is 19.6. The number of aromatic nitrogens is 4. The summed E-state index contributed by atoms with van der Waals surface area (Å²) in [6.45, 7) is 4.59. The van der Waals surface area contributed by atoms with E-state index < -0.39 is 5.25 Å². The fourth-order valence-corrected chi connectivity index (χ4v) is 7.73. The number of fused-ring (bicyclic) bond motifs is 3. The number of aryl methyl sites for hydroxylation is 1. The molecular formula is C25H30N6O2S. The SMILES string of the molecule is CCn1c2ccccc2c2nnc(SC(C)C(=O)NC(=O)NC34CC5CC(CC(C5)C3)C4)nc21. The summed E-state index contributed by atoms with van der Waals surface area (Å²) in [7, 11) is 0. The van der Waals surface area contributed by atoms with E-state index in [1.54, 1.807) is 6.92 Å². The van der Waals surface area contributed by atoms with Crippen LogP contribution < -0.4 is 10.6 Å². The summed E-state index contributed by atoms with van der Waals surface area (Å²) >= 11 is 1.22. The maximum absolute atomic E-state index is 12.8. The van der Waals surface area contributed by atoms with Gasteiger partial charge in [0.05, 0.1) is 10.8 Å². The number of amides is 3. The van der Waals surface area contributed by atoms with Gasteiger partial charge in [0.2, 0.25) is 11.1 Å². The molecule has 4 aliphatic rings. The van der Waals surface area contributed by atoms with Gasteiger partial charge in [0.25, 0.3) is 0 Å². The summed E-state index contributed by atoms with van der Waals surface area (Å²) in [4.78, 5) is 30.3. The lowest BCUT2D eigenvalue weighted by molar-refractivity contribution is -0.119. The Hall–Kier alpha value is -2.68. The van der Waals surface area contributed by atoms with Crippen molar-refractivity contribution in [3.63, 3.8) is 0 Å². The zero-order chi connectivity index (χ0) is 23.4. The van der Waals surface area contributed by atoms with Gasteiger partial charge in [-0.1, -0.05) is 30.0 Å². The first-order chi connectivity index (χ1) is 16.4. The molecule has 0 radical (unpaired) electrons. The first-order valence-electron chi connectivity index (χ1n) is 12.3. The van der Waals surface area contributed by atoms with Gasteiger partial charge in [-0.3, -0.25) is 10.1 Å². The number of hydrogen-bond donors (Lipinski definition) is 2. The van der Waals surface area contributed by atoms with Gasteiger partial charge in [-0.25, -0.2) is 9.78 Å². The predicted octanol–water partition coefficient (Wildman–Crippen LogP) is 4.27. The van der Waals surface area contributed by atoms with E-state index in [-0.39, 0.29) is 17.5 Å². The number of carbonyl (C=O) groups is 2. The van der Waals surface area contributed by atoms with E-state index in [0.717, 1.165) is 65.6 Å². The van der Waals surface area contributed by atoms with Crippen LogP contribution in [0.5, 0.6) is 0 Å². The molecule has 3 aromatic rings. The molecule has 4 bridgehead atoms. The first-order valence-corrected chi connectivity index (χ1v) is 13.2. The van der Waals surface area contributed by atoms with E-state index in [1.165, 1.54) is 31.0 Å². The lowest BCUT2D eigenvalue weighted by Gasteiger charge is -2.56. The first kappa shape index (κ1) is 21.8. The van der Waals surface area contributed by atoms with Gasteiger partial charge < -0.3 is 9.88 Å². The Morgan fingerprint density at radius 1 is 1.12 bits per heavy atom. The van der Waals surface area contributed by atoms with Crippen LogP contribution in [0.3, 0.4) is 0 Å². The molecule has 4 aliphatic carbocycles. The van der Waals surface area contributed by atoms with Gasteiger partial charge in [0, 0.05) is 17.5 Å². The molecule has 8 nitrogen and oxygen atoms in total. The number of urea groups is 1. The molecule has 2 N–H and O–H groups in total. The van der Waals surface area contributed by atoms with Gasteiger partial charge in [-0.15, -0.1) is 10.2 Å². The summed E-state index contributed by atoms with van der Waals surface area (Å²) in [5, 5.41) is 15.4. The Balaban J connectivity index is 1.13. The number of imide groups is 1. The normalized spacial score (nSPS) is 28.4. The topological polar surface area (TPSA) is 102 Å². The molecule has 2 heterocycles. The van der Waals surface area contributed by atoms with Crippen LogP contribution in [0.1, 0.15) is 52.4 Å². The third kappa shape index (κ3) is 3.74. The van der Waals surface area contributed by atoms with Crippen molar-refractivity contribution in [2.45, 2.75) is 74.9 Å². The van der Waals surface area contributed by atoms with Crippen molar-refractivity contribution < 1.29 is 9.59 Å². The Morgan fingerprint density at radius 2 is 1.79 bits per heavy atom. The van der Waals surface area contributed by atoms with Crippen molar-refractivity contribution in [1.82, 2.24) is 30.4 Å². The Kier molecular flexibility index (Phi) is 5.28. The number of thioether (sulfide) groups is 1. The fraction of sp³-hybridized carbons (Fsp3) is 0.560. The van der Waals surface area contributed by atoms with Gasteiger partial charge in [0.15, 0.2) is 5.65 Å². The molecule has 7 rings (SSSR count). The second-order valence-corrected chi connectivity index (χ2v) is 11.7. The second kappa shape index (κ2) is 8.22. The Labute approximate surface area is 202 Å². The fourth-order valence-electron chi connectivity index (χ4n) is 7.02. The summed E-state index contributed by atoms with van der Waals surface area (Å²) in [5.41, 5.74) is 2.46. The van der Waals surface area contributed by atoms with Crippen molar-refractivity contribution in [2.24, 2.45) is 17.8 Å². The highest BCUT2D eigenvalue weighted by Gasteiger charge is 2.51.